The number of halogens is 2. The Kier molecular flexibility index (Phi) is 4.99. The van der Waals surface area contributed by atoms with Gasteiger partial charge in [0.1, 0.15) is 17.3 Å². The number of hydrogen-bond donors (Lipinski definition) is 1. The Bertz CT molecular complexity index is 601. The molecule has 0 aromatic heterocycles. The molecule has 0 bridgehead atoms. The molecule has 0 unspecified atom stereocenters. The third-order valence-electron chi connectivity index (χ3n) is 3.10. The Labute approximate surface area is 123 Å². The first-order chi connectivity index (χ1) is 9.65. The first-order valence-corrected chi connectivity index (χ1v) is 6.97. The van der Waals surface area contributed by atoms with Gasteiger partial charge in [-0.15, -0.1) is 0 Å². The van der Waals surface area contributed by atoms with Crippen molar-refractivity contribution in [3.8, 4) is 11.5 Å². The van der Waals surface area contributed by atoms with Gasteiger partial charge in [-0.1, -0.05) is 24.6 Å². The van der Waals surface area contributed by atoms with E-state index in [0.29, 0.717) is 35.1 Å². The van der Waals surface area contributed by atoms with Crippen molar-refractivity contribution in [1.29, 1.82) is 0 Å². The molecule has 20 heavy (non-hydrogen) atoms. The second-order valence-corrected chi connectivity index (χ2v) is 4.87. The van der Waals surface area contributed by atoms with Gasteiger partial charge in [-0.2, -0.15) is 0 Å². The van der Waals surface area contributed by atoms with Crippen LogP contribution in [-0.2, 0) is 12.8 Å². The zero-order chi connectivity index (χ0) is 14.5. The van der Waals surface area contributed by atoms with E-state index in [-0.39, 0.29) is 5.82 Å². The van der Waals surface area contributed by atoms with E-state index in [1.54, 1.807) is 24.3 Å². The molecule has 0 atom stereocenters. The molecule has 0 aliphatic heterocycles. The number of aryl methyl sites for hydroxylation is 1. The highest BCUT2D eigenvalue weighted by atomic mass is 35.5. The molecule has 0 saturated carbocycles. The van der Waals surface area contributed by atoms with Crippen molar-refractivity contribution in [2.75, 3.05) is 6.54 Å². The van der Waals surface area contributed by atoms with E-state index in [4.69, 9.17) is 22.1 Å². The number of rotatable bonds is 5. The third kappa shape index (κ3) is 3.30. The fraction of sp³-hybridized carbons (Fsp3) is 0.250. The summed E-state index contributed by atoms with van der Waals surface area (Å²) in [5, 5.41) is 0.710. The number of benzene rings is 2. The van der Waals surface area contributed by atoms with Crippen molar-refractivity contribution in [2.24, 2.45) is 5.73 Å². The van der Waals surface area contributed by atoms with E-state index in [2.05, 4.69) is 0 Å². The summed E-state index contributed by atoms with van der Waals surface area (Å²) >= 11 is 6.07. The van der Waals surface area contributed by atoms with Crippen LogP contribution in [0.1, 0.15) is 18.1 Å². The molecule has 0 amide bonds. The fourth-order valence-electron chi connectivity index (χ4n) is 2.03. The van der Waals surface area contributed by atoms with Crippen LogP contribution < -0.4 is 10.5 Å². The molecule has 2 rings (SSSR count). The zero-order valence-electron chi connectivity index (χ0n) is 11.3. The van der Waals surface area contributed by atoms with Crippen molar-refractivity contribution in [3.05, 3.63) is 58.4 Å². The Morgan fingerprint density at radius 1 is 1.25 bits per heavy atom. The molecule has 2 N–H and O–H groups in total. The van der Waals surface area contributed by atoms with Gasteiger partial charge in [0.15, 0.2) is 0 Å². The smallest absolute Gasteiger partial charge is 0.133 e. The van der Waals surface area contributed by atoms with Crippen LogP contribution in [0.25, 0.3) is 0 Å². The van der Waals surface area contributed by atoms with E-state index in [9.17, 15) is 4.39 Å². The summed E-state index contributed by atoms with van der Waals surface area (Å²) in [4.78, 5) is 0. The molecule has 2 nitrogen and oxygen atoms in total. The lowest BCUT2D eigenvalue weighted by Crippen LogP contribution is -2.06. The summed E-state index contributed by atoms with van der Waals surface area (Å²) in [5.41, 5.74) is 7.02. The second-order valence-electron chi connectivity index (χ2n) is 4.46. The molecular weight excluding hydrogens is 277 g/mol. The van der Waals surface area contributed by atoms with Gasteiger partial charge in [-0.25, -0.2) is 4.39 Å². The van der Waals surface area contributed by atoms with Crippen LogP contribution in [0, 0.1) is 5.82 Å². The summed E-state index contributed by atoms with van der Waals surface area (Å²) in [7, 11) is 0. The SMILES string of the molecule is CCc1cc(Oc2cccc(F)c2CCN)ccc1Cl. The lowest BCUT2D eigenvalue weighted by atomic mass is 10.1. The molecule has 0 fully saturated rings. The molecule has 2 aromatic rings. The first kappa shape index (κ1) is 14.8. The largest absolute Gasteiger partial charge is 0.457 e. The standard InChI is InChI=1S/C16H17ClFNO/c1-2-11-10-12(6-7-14(11)17)20-16-5-3-4-15(18)13(16)8-9-19/h3-7,10H,2,8-9,19H2,1H3. The van der Waals surface area contributed by atoms with Gasteiger partial charge in [0, 0.05) is 10.6 Å². The Balaban J connectivity index is 2.32. The van der Waals surface area contributed by atoms with Crippen LogP contribution in [0.3, 0.4) is 0 Å². The van der Waals surface area contributed by atoms with Crippen molar-refractivity contribution < 1.29 is 9.13 Å². The van der Waals surface area contributed by atoms with Crippen LogP contribution in [0.4, 0.5) is 4.39 Å². The molecule has 2 aromatic carbocycles. The minimum absolute atomic E-state index is 0.294. The quantitative estimate of drug-likeness (QED) is 0.890. The molecule has 0 aliphatic rings. The van der Waals surface area contributed by atoms with Crippen molar-refractivity contribution >= 4 is 11.6 Å². The van der Waals surface area contributed by atoms with Crippen molar-refractivity contribution in [2.45, 2.75) is 19.8 Å². The maximum absolute atomic E-state index is 13.8. The molecule has 0 heterocycles. The van der Waals surface area contributed by atoms with Crippen molar-refractivity contribution in [1.82, 2.24) is 0 Å². The number of hydrogen-bond acceptors (Lipinski definition) is 2. The molecule has 0 spiro atoms. The average Bonchev–Trinajstić information content (AvgIpc) is 2.44. The van der Waals surface area contributed by atoms with E-state index in [1.165, 1.54) is 6.07 Å². The highest BCUT2D eigenvalue weighted by molar-refractivity contribution is 6.31. The summed E-state index contributed by atoms with van der Waals surface area (Å²) in [6, 6.07) is 10.2. The molecule has 0 radical (unpaired) electrons. The fourth-order valence-corrected chi connectivity index (χ4v) is 2.29. The zero-order valence-corrected chi connectivity index (χ0v) is 12.1. The summed E-state index contributed by atoms with van der Waals surface area (Å²) in [5.74, 6) is 0.854. The third-order valence-corrected chi connectivity index (χ3v) is 3.46. The highest BCUT2D eigenvalue weighted by Crippen LogP contribution is 2.30. The van der Waals surface area contributed by atoms with Crippen LogP contribution in [0.5, 0.6) is 11.5 Å². The van der Waals surface area contributed by atoms with Gasteiger partial charge >= 0.3 is 0 Å². The van der Waals surface area contributed by atoms with Gasteiger partial charge in [0.2, 0.25) is 0 Å². The van der Waals surface area contributed by atoms with Crippen molar-refractivity contribution in [3.63, 3.8) is 0 Å². The highest BCUT2D eigenvalue weighted by Gasteiger charge is 2.10. The molecule has 4 heteroatoms. The lowest BCUT2D eigenvalue weighted by molar-refractivity contribution is 0.466. The summed E-state index contributed by atoms with van der Waals surface area (Å²) in [6.45, 7) is 2.39. The van der Waals surface area contributed by atoms with E-state index in [1.807, 2.05) is 13.0 Å². The van der Waals surface area contributed by atoms with Crippen LogP contribution >= 0.6 is 11.6 Å². The minimum Gasteiger partial charge on any atom is -0.457 e. The van der Waals surface area contributed by atoms with Crippen LogP contribution in [-0.4, -0.2) is 6.54 Å². The Hall–Kier alpha value is -1.58. The summed E-state index contributed by atoms with van der Waals surface area (Å²) in [6.07, 6.45) is 1.26. The predicted molar refractivity (Wildman–Crippen MR) is 80.1 cm³/mol. The lowest BCUT2D eigenvalue weighted by Gasteiger charge is -2.12. The van der Waals surface area contributed by atoms with E-state index in [0.717, 1.165) is 12.0 Å². The molecule has 0 saturated heterocycles. The van der Waals surface area contributed by atoms with Gasteiger partial charge < -0.3 is 10.5 Å². The van der Waals surface area contributed by atoms with Crippen LogP contribution in [0.15, 0.2) is 36.4 Å². The van der Waals surface area contributed by atoms with Crippen LogP contribution in [0.2, 0.25) is 5.02 Å². The monoisotopic (exact) mass is 293 g/mol. The van der Waals surface area contributed by atoms with Gasteiger partial charge in [0.25, 0.3) is 0 Å². The number of nitrogens with two attached hydrogens (primary N) is 1. The first-order valence-electron chi connectivity index (χ1n) is 6.59. The molecular formula is C16H17ClFNO. The predicted octanol–water partition coefficient (Wildman–Crippen LogP) is 4.34. The van der Waals surface area contributed by atoms with Gasteiger partial charge in [-0.3, -0.25) is 0 Å². The van der Waals surface area contributed by atoms with E-state index < -0.39 is 0 Å². The van der Waals surface area contributed by atoms with Gasteiger partial charge in [0.05, 0.1) is 0 Å². The maximum atomic E-state index is 13.8. The normalized spacial score (nSPS) is 10.6. The minimum atomic E-state index is -0.294. The maximum Gasteiger partial charge on any atom is 0.133 e. The average molecular weight is 294 g/mol. The molecule has 106 valence electrons. The topological polar surface area (TPSA) is 35.2 Å². The van der Waals surface area contributed by atoms with Gasteiger partial charge in [-0.05, 0) is 55.3 Å². The molecule has 0 aliphatic carbocycles. The van der Waals surface area contributed by atoms with E-state index >= 15 is 0 Å². The Morgan fingerprint density at radius 2 is 2.05 bits per heavy atom. The number of ether oxygens (including phenoxy) is 1. The summed E-state index contributed by atoms with van der Waals surface area (Å²) < 4.78 is 19.6. The Morgan fingerprint density at radius 3 is 2.75 bits per heavy atom. The second kappa shape index (κ2) is 6.73.